The second-order valence-corrected chi connectivity index (χ2v) is 3.08. The van der Waals surface area contributed by atoms with Crippen LogP contribution in [-0.2, 0) is 4.74 Å². The van der Waals surface area contributed by atoms with E-state index in [0.717, 1.165) is 6.42 Å². The van der Waals surface area contributed by atoms with Gasteiger partial charge in [-0.3, -0.25) is 0 Å². The van der Waals surface area contributed by atoms with Crippen LogP contribution in [0.3, 0.4) is 0 Å². The Morgan fingerprint density at radius 1 is 1.27 bits per heavy atom. The molecule has 0 aliphatic carbocycles. The maximum Gasteiger partial charge on any atom is 0.162 e. The van der Waals surface area contributed by atoms with Crippen molar-refractivity contribution >= 4 is 0 Å². The molecule has 68 valence electrons. The van der Waals surface area contributed by atoms with Gasteiger partial charge in [0.15, 0.2) is 5.79 Å². The topological polar surface area (TPSA) is 29.5 Å². The standard InChI is InChI=1S/C9H20O2/c1-4-6-7-8-11-9(3,10)5-2/h10H,4-8H2,1-3H3. The molecule has 1 N–H and O–H groups in total. The summed E-state index contributed by atoms with van der Waals surface area (Å²) in [6.45, 7) is 6.45. The van der Waals surface area contributed by atoms with E-state index in [1.807, 2.05) is 6.92 Å². The van der Waals surface area contributed by atoms with Crippen LogP contribution in [0.25, 0.3) is 0 Å². The molecule has 0 bridgehead atoms. The largest absolute Gasteiger partial charge is 0.366 e. The first-order valence-electron chi connectivity index (χ1n) is 4.48. The van der Waals surface area contributed by atoms with Crippen molar-refractivity contribution in [2.75, 3.05) is 6.61 Å². The van der Waals surface area contributed by atoms with E-state index in [9.17, 15) is 5.11 Å². The van der Waals surface area contributed by atoms with Crippen molar-refractivity contribution in [2.45, 2.75) is 52.2 Å². The van der Waals surface area contributed by atoms with Gasteiger partial charge in [0.1, 0.15) is 0 Å². The number of ether oxygens (including phenoxy) is 1. The summed E-state index contributed by atoms with van der Waals surface area (Å²) < 4.78 is 5.24. The molecule has 2 heteroatoms. The maximum atomic E-state index is 9.40. The summed E-state index contributed by atoms with van der Waals surface area (Å²) in [5.41, 5.74) is 0. The molecule has 0 aliphatic heterocycles. The Kier molecular flexibility index (Phi) is 5.51. The van der Waals surface area contributed by atoms with Crippen LogP contribution < -0.4 is 0 Å². The Morgan fingerprint density at radius 3 is 2.36 bits per heavy atom. The normalized spacial score (nSPS) is 16.4. The lowest BCUT2D eigenvalue weighted by Crippen LogP contribution is -2.27. The van der Waals surface area contributed by atoms with E-state index in [0.29, 0.717) is 13.0 Å². The fraction of sp³-hybridized carbons (Fsp3) is 1.00. The van der Waals surface area contributed by atoms with Crippen molar-refractivity contribution < 1.29 is 9.84 Å². The molecule has 0 aromatic heterocycles. The van der Waals surface area contributed by atoms with Gasteiger partial charge in [0.2, 0.25) is 0 Å². The minimum Gasteiger partial charge on any atom is -0.366 e. The van der Waals surface area contributed by atoms with Crippen LogP contribution in [0.2, 0.25) is 0 Å². The molecule has 0 fully saturated rings. The lowest BCUT2D eigenvalue weighted by molar-refractivity contribution is -0.191. The van der Waals surface area contributed by atoms with E-state index in [4.69, 9.17) is 4.74 Å². The molecule has 11 heavy (non-hydrogen) atoms. The van der Waals surface area contributed by atoms with Gasteiger partial charge in [-0.05, 0) is 19.8 Å². The highest BCUT2D eigenvalue weighted by molar-refractivity contribution is 4.55. The Balaban J connectivity index is 3.23. The average Bonchev–Trinajstić information content (AvgIpc) is 1.99. The van der Waals surface area contributed by atoms with Gasteiger partial charge >= 0.3 is 0 Å². The summed E-state index contributed by atoms with van der Waals surface area (Å²) >= 11 is 0. The minimum absolute atomic E-state index is 0.652. The van der Waals surface area contributed by atoms with Crippen LogP contribution in [-0.4, -0.2) is 17.5 Å². The van der Waals surface area contributed by atoms with Gasteiger partial charge in [-0.15, -0.1) is 0 Å². The van der Waals surface area contributed by atoms with Crippen molar-refractivity contribution in [2.24, 2.45) is 0 Å². The second-order valence-electron chi connectivity index (χ2n) is 3.08. The summed E-state index contributed by atoms with van der Waals surface area (Å²) in [5.74, 6) is -0.909. The van der Waals surface area contributed by atoms with E-state index in [-0.39, 0.29) is 0 Å². The van der Waals surface area contributed by atoms with Crippen molar-refractivity contribution in [1.29, 1.82) is 0 Å². The van der Waals surface area contributed by atoms with E-state index in [1.54, 1.807) is 6.92 Å². The van der Waals surface area contributed by atoms with Crippen LogP contribution in [0.4, 0.5) is 0 Å². The third kappa shape index (κ3) is 6.32. The molecule has 1 atom stereocenters. The van der Waals surface area contributed by atoms with Crippen molar-refractivity contribution in [3.8, 4) is 0 Å². The smallest absolute Gasteiger partial charge is 0.162 e. The van der Waals surface area contributed by atoms with Crippen LogP contribution in [0, 0.1) is 0 Å². The summed E-state index contributed by atoms with van der Waals surface area (Å²) in [6, 6.07) is 0. The molecule has 0 aliphatic rings. The number of rotatable bonds is 6. The first kappa shape index (κ1) is 10.9. The molecule has 0 amide bonds. The molecule has 2 nitrogen and oxygen atoms in total. The Bertz CT molecular complexity index is 89.6. The van der Waals surface area contributed by atoms with Gasteiger partial charge in [0, 0.05) is 6.61 Å². The van der Waals surface area contributed by atoms with Crippen LogP contribution >= 0.6 is 0 Å². The average molecular weight is 160 g/mol. The van der Waals surface area contributed by atoms with E-state index < -0.39 is 5.79 Å². The fourth-order valence-corrected chi connectivity index (χ4v) is 0.746. The molecule has 0 saturated heterocycles. The second kappa shape index (κ2) is 5.56. The first-order chi connectivity index (χ1) is 5.12. The van der Waals surface area contributed by atoms with Crippen molar-refractivity contribution in [1.82, 2.24) is 0 Å². The van der Waals surface area contributed by atoms with Crippen LogP contribution in [0.15, 0.2) is 0 Å². The van der Waals surface area contributed by atoms with Crippen molar-refractivity contribution in [3.05, 3.63) is 0 Å². The molecular weight excluding hydrogens is 140 g/mol. The monoisotopic (exact) mass is 160 g/mol. The molecule has 0 aromatic carbocycles. The van der Waals surface area contributed by atoms with E-state index in [2.05, 4.69) is 6.92 Å². The number of unbranched alkanes of at least 4 members (excludes halogenated alkanes) is 2. The summed E-state index contributed by atoms with van der Waals surface area (Å²) in [5, 5.41) is 9.40. The third-order valence-corrected chi connectivity index (χ3v) is 1.82. The number of hydrogen-bond acceptors (Lipinski definition) is 2. The summed E-state index contributed by atoms with van der Waals surface area (Å²) in [6.07, 6.45) is 4.07. The molecule has 0 saturated carbocycles. The van der Waals surface area contributed by atoms with Crippen molar-refractivity contribution in [3.63, 3.8) is 0 Å². The highest BCUT2D eigenvalue weighted by Crippen LogP contribution is 2.10. The van der Waals surface area contributed by atoms with Crippen LogP contribution in [0.5, 0.6) is 0 Å². The van der Waals surface area contributed by atoms with Gasteiger partial charge in [-0.25, -0.2) is 0 Å². The fourth-order valence-electron chi connectivity index (χ4n) is 0.746. The lowest BCUT2D eigenvalue weighted by atomic mass is 10.2. The molecule has 0 radical (unpaired) electrons. The maximum absolute atomic E-state index is 9.40. The molecule has 0 spiro atoms. The lowest BCUT2D eigenvalue weighted by Gasteiger charge is -2.21. The molecule has 0 aromatic rings. The molecule has 0 heterocycles. The molecule has 1 unspecified atom stereocenters. The Morgan fingerprint density at radius 2 is 1.91 bits per heavy atom. The van der Waals surface area contributed by atoms with E-state index >= 15 is 0 Å². The minimum atomic E-state index is -0.909. The Labute approximate surface area is 69.6 Å². The zero-order valence-electron chi connectivity index (χ0n) is 7.89. The zero-order valence-corrected chi connectivity index (χ0v) is 7.89. The highest BCUT2D eigenvalue weighted by Gasteiger charge is 2.16. The SMILES string of the molecule is CCCCCOC(C)(O)CC. The van der Waals surface area contributed by atoms with Gasteiger partial charge in [0.05, 0.1) is 0 Å². The van der Waals surface area contributed by atoms with E-state index in [1.165, 1.54) is 12.8 Å². The number of hydrogen-bond donors (Lipinski definition) is 1. The summed E-state index contributed by atoms with van der Waals surface area (Å²) in [7, 11) is 0. The van der Waals surface area contributed by atoms with Gasteiger partial charge in [0.25, 0.3) is 0 Å². The summed E-state index contributed by atoms with van der Waals surface area (Å²) in [4.78, 5) is 0. The van der Waals surface area contributed by atoms with Gasteiger partial charge < -0.3 is 9.84 Å². The van der Waals surface area contributed by atoms with Crippen LogP contribution in [0.1, 0.15) is 46.5 Å². The molecular formula is C9H20O2. The predicted molar refractivity (Wildman–Crippen MR) is 46.4 cm³/mol. The molecule has 0 rings (SSSR count). The zero-order chi connectivity index (χ0) is 8.74. The Hall–Kier alpha value is -0.0800. The highest BCUT2D eigenvalue weighted by atomic mass is 16.6. The predicted octanol–water partition coefficient (Wildman–Crippen LogP) is 2.31. The van der Waals surface area contributed by atoms with Gasteiger partial charge in [-0.1, -0.05) is 26.7 Å². The quantitative estimate of drug-likeness (QED) is 0.477. The number of aliphatic hydroxyl groups is 1. The third-order valence-electron chi connectivity index (χ3n) is 1.82. The first-order valence-corrected chi connectivity index (χ1v) is 4.48. The van der Waals surface area contributed by atoms with Gasteiger partial charge in [-0.2, -0.15) is 0 Å².